The summed E-state index contributed by atoms with van der Waals surface area (Å²) < 4.78 is 11.6. The van der Waals surface area contributed by atoms with Gasteiger partial charge in [0.2, 0.25) is 11.8 Å². The van der Waals surface area contributed by atoms with Gasteiger partial charge in [-0.1, -0.05) is 31.3 Å². The van der Waals surface area contributed by atoms with Crippen LogP contribution in [0.3, 0.4) is 0 Å². The Bertz CT molecular complexity index is 1200. The van der Waals surface area contributed by atoms with Crippen LogP contribution in [0, 0.1) is 23.7 Å². The lowest BCUT2D eigenvalue weighted by atomic mass is 9.84. The first-order valence-corrected chi connectivity index (χ1v) is 12.8. The highest BCUT2D eigenvalue weighted by Crippen LogP contribution is 2.30. The summed E-state index contributed by atoms with van der Waals surface area (Å²) in [4.78, 5) is 34.2. The Balaban J connectivity index is 1.64. The van der Waals surface area contributed by atoms with Crippen molar-refractivity contribution >= 4 is 11.8 Å². The largest absolute Gasteiger partial charge is 0.497 e. The second-order valence-corrected chi connectivity index (χ2v) is 10.0. The van der Waals surface area contributed by atoms with Crippen molar-refractivity contribution < 1.29 is 24.2 Å². The number of fused-ring (bicyclic) bond motifs is 1. The van der Waals surface area contributed by atoms with Gasteiger partial charge >= 0.3 is 0 Å². The van der Waals surface area contributed by atoms with Gasteiger partial charge in [-0.25, -0.2) is 4.98 Å². The molecule has 2 aromatic rings. The number of pyridine rings is 1. The van der Waals surface area contributed by atoms with Crippen LogP contribution in [-0.2, 0) is 4.79 Å². The molecule has 8 heteroatoms. The maximum absolute atomic E-state index is 13.6. The lowest BCUT2D eigenvalue weighted by molar-refractivity contribution is -0.138. The van der Waals surface area contributed by atoms with E-state index in [9.17, 15) is 14.7 Å². The van der Waals surface area contributed by atoms with E-state index in [1.807, 2.05) is 38.1 Å². The van der Waals surface area contributed by atoms with Crippen LogP contribution in [0.15, 0.2) is 36.5 Å². The van der Waals surface area contributed by atoms with Gasteiger partial charge in [0.25, 0.3) is 5.91 Å². The van der Waals surface area contributed by atoms with E-state index in [4.69, 9.17) is 9.47 Å². The molecule has 2 aliphatic rings. The number of aromatic nitrogens is 1. The average Bonchev–Trinajstić information content (AvgIpc) is 2.88. The molecule has 1 fully saturated rings. The van der Waals surface area contributed by atoms with Crippen molar-refractivity contribution in [1.29, 1.82) is 0 Å². The number of likely N-dealkylation sites (N-methyl/N-ethyl adjacent to an activating group) is 1. The van der Waals surface area contributed by atoms with E-state index in [1.54, 1.807) is 36.2 Å². The van der Waals surface area contributed by atoms with Crippen LogP contribution in [0.4, 0.5) is 0 Å². The number of methoxy groups -OCH3 is 1. The summed E-state index contributed by atoms with van der Waals surface area (Å²) in [6.07, 6.45) is 4.19. The Morgan fingerprint density at radius 1 is 1.30 bits per heavy atom. The average molecular weight is 506 g/mol. The third kappa shape index (κ3) is 6.05. The highest BCUT2D eigenvalue weighted by atomic mass is 16.5. The number of benzene rings is 1. The van der Waals surface area contributed by atoms with Gasteiger partial charge in [0, 0.05) is 42.8 Å². The van der Waals surface area contributed by atoms with Crippen molar-refractivity contribution in [3.05, 3.63) is 53.2 Å². The van der Waals surface area contributed by atoms with Crippen LogP contribution in [0.1, 0.15) is 54.6 Å². The molecule has 1 aliphatic carbocycles. The monoisotopic (exact) mass is 505 g/mol. The summed E-state index contributed by atoms with van der Waals surface area (Å²) in [5.74, 6) is 6.96. The lowest BCUT2D eigenvalue weighted by Gasteiger charge is -2.38. The molecule has 0 unspecified atom stereocenters. The van der Waals surface area contributed by atoms with Crippen LogP contribution >= 0.6 is 0 Å². The first-order valence-electron chi connectivity index (χ1n) is 12.8. The quantitative estimate of drug-likeness (QED) is 0.607. The molecule has 2 heterocycles. The maximum Gasteiger partial charge on any atom is 0.259 e. The summed E-state index contributed by atoms with van der Waals surface area (Å²) >= 11 is 0. The van der Waals surface area contributed by atoms with Crippen LogP contribution in [-0.4, -0.2) is 77.7 Å². The standard InChI is InChI=1S/C29H35N3O5/c1-19-16-32(20(2)18-33)29(35)25-14-22(12-11-21-7-5-10-24(13-21)36-4)15-30-27(25)37-26(19)17-31(3)28(34)23-8-6-9-23/h5,7,10,13-15,19-20,23,26,33H,6,8-9,16-18H2,1-4H3/t19-,20+,26-/m1/s1. The predicted molar refractivity (Wildman–Crippen MR) is 139 cm³/mol. The fourth-order valence-corrected chi connectivity index (χ4v) is 4.56. The molecule has 4 rings (SSSR count). The minimum atomic E-state index is -0.387. The first-order chi connectivity index (χ1) is 17.8. The topological polar surface area (TPSA) is 92.2 Å². The van der Waals surface area contributed by atoms with E-state index in [0.717, 1.165) is 24.8 Å². The molecule has 196 valence electrons. The number of aliphatic hydroxyl groups excluding tert-OH is 1. The van der Waals surface area contributed by atoms with E-state index < -0.39 is 0 Å². The second-order valence-electron chi connectivity index (χ2n) is 10.0. The molecule has 3 atom stereocenters. The number of carbonyl (C=O) groups excluding carboxylic acids is 2. The molecular weight excluding hydrogens is 470 g/mol. The number of ether oxygens (including phenoxy) is 2. The number of hydrogen-bond acceptors (Lipinski definition) is 6. The van der Waals surface area contributed by atoms with Crippen molar-refractivity contribution in [2.75, 3.05) is 33.9 Å². The third-order valence-electron chi connectivity index (χ3n) is 7.23. The Hall–Kier alpha value is -3.57. The van der Waals surface area contributed by atoms with Crippen LogP contribution < -0.4 is 9.47 Å². The fraction of sp³-hybridized carbons (Fsp3) is 0.483. The van der Waals surface area contributed by atoms with Crippen molar-refractivity contribution in [3.63, 3.8) is 0 Å². The van der Waals surface area contributed by atoms with Crippen LogP contribution in [0.2, 0.25) is 0 Å². The zero-order valence-electron chi connectivity index (χ0n) is 21.9. The predicted octanol–water partition coefficient (Wildman–Crippen LogP) is 2.97. The number of aliphatic hydroxyl groups is 1. The zero-order chi connectivity index (χ0) is 26.5. The maximum atomic E-state index is 13.6. The number of hydrogen-bond donors (Lipinski definition) is 1. The van der Waals surface area contributed by atoms with Crippen molar-refractivity contribution in [1.82, 2.24) is 14.8 Å². The molecule has 1 aromatic heterocycles. The Kier molecular flexibility index (Phi) is 8.34. The summed E-state index contributed by atoms with van der Waals surface area (Å²) in [7, 11) is 3.41. The molecule has 1 N–H and O–H groups in total. The molecule has 1 aromatic carbocycles. The van der Waals surface area contributed by atoms with Gasteiger partial charge in [-0.05, 0) is 44.0 Å². The number of amides is 2. The molecule has 0 saturated heterocycles. The number of nitrogens with zero attached hydrogens (tertiary/aromatic N) is 3. The van der Waals surface area contributed by atoms with Crippen molar-refractivity contribution in [2.24, 2.45) is 11.8 Å². The molecule has 2 amide bonds. The summed E-state index contributed by atoms with van der Waals surface area (Å²) in [5.41, 5.74) is 1.64. The summed E-state index contributed by atoms with van der Waals surface area (Å²) in [6, 6.07) is 8.72. The van der Waals surface area contributed by atoms with Crippen LogP contribution in [0.25, 0.3) is 0 Å². The van der Waals surface area contributed by atoms with Gasteiger partial charge in [-0.2, -0.15) is 0 Å². The molecular formula is C29H35N3O5. The van der Waals surface area contributed by atoms with E-state index >= 15 is 0 Å². The zero-order valence-corrected chi connectivity index (χ0v) is 21.9. The van der Waals surface area contributed by atoms with Gasteiger partial charge in [0.1, 0.15) is 17.4 Å². The summed E-state index contributed by atoms with van der Waals surface area (Å²) in [5, 5.41) is 9.86. The molecule has 1 saturated carbocycles. The summed E-state index contributed by atoms with van der Waals surface area (Å²) in [6.45, 7) is 4.42. The van der Waals surface area contributed by atoms with E-state index in [1.165, 1.54) is 0 Å². The molecule has 1 aliphatic heterocycles. The molecule has 0 spiro atoms. The van der Waals surface area contributed by atoms with Gasteiger partial charge < -0.3 is 24.4 Å². The second kappa shape index (κ2) is 11.7. The Morgan fingerprint density at radius 3 is 2.73 bits per heavy atom. The molecule has 0 radical (unpaired) electrons. The highest BCUT2D eigenvalue weighted by Gasteiger charge is 2.36. The van der Waals surface area contributed by atoms with E-state index in [0.29, 0.717) is 30.0 Å². The molecule has 0 bridgehead atoms. The van der Waals surface area contributed by atoms with Gasteiger partial charge in [0.05, 0.1) is 26.3 Å². The number of carbonyl (C=O) groups is 2. The fourth-order valence-electron chi connectivity index (χ4n) is 4.56. The first kappa shape index (κ1) is 26.5. The van der Waals surface area contributed by atoms with Crippen LogP contribution in [0.5, 0.6) is 11.6 Å². The third-order valence-corrected chi connectivity index (χ3v) is 7.23. The normalized spacial score (nSPS) is 20.2. The smallest absolute Gasteiger partial charge is 0.259 e. The lowest BCUT2D eigenvalue weighted by Crippen LogP contribution is -2.51. The highest BCUT2D eigenvalue weighted by molar-refractivity contribution is 5.97. The molecule has 37 heavy (non-hydrogen) atoms. The Morgan fingerprint density at radius 2 is 2.05 bits per heavy atom. The van der Waals surface area contributed by atoms with Gasteiger partial charge in [0.15, 0.2) is 0 Å². The SMILES string of the molecule is COc1cccc(C#Cc2cnc3c(c2)C(=O)N([C@@H](C)CO)C[C@@H](C)[C@@H](CN(C)C(=O)C2CCC2)O3)c1. The van der Waals surface area contributed by atoms with E-state index in [-0.39, 0.29) is 48.3 Å². The van der Waals surface area contributed by atoms with Crippen molar-refractivity contribution in [3.8, 4) is 23.5 Å². The van der Waals surface area contributed by atoms with Crippen molar-refractivity contribution in [2.45, 2.75) is 45.3 Å². The number of rotatable bonds is 6. The minimum Gasteiger partial charge on any atom is -0.497 e. The van der Waals surface area contributed by atoms with E-state index in [2.05, 4.69) is 16.8 Å². The van der Waals surface area contributed by atoms with Gasteiger partial charge in [-0.3, -0.25) is 9.59 Å². The molecule has 8 nitrogen and oxygen atoms in total. The minimum absolute atomic E-state index is 0.0860. The Labute approximate surface area is 218 Å². The van der Waals surface area contributed by atoms with Gasteiger partial charge in [-0.15, -0.1) is 0 Å².